The summed E-state index contributed by atoms with van der Waals surface area (Å²) in [6.45, 7) is 4.71. The maximum Gasteiger partial charge on any atom is 0.363 e. The van der Waals surface area contributed by atoms with Crippen LogP contribution in [0, 0.1) is 13.8 Å². The summed E-state index contributed by atoms with van der Waals surface area (Å²) in [6, 6.07) is 11.3. The van der Waals surface area contributed by atoms with Crippen molar-refractivity contribution < 1.29 is 19.1 Å². The number of hydrogen-bond donors (Lipinski definition) is 1. The molecule has 0 radical (unpaired) electrons. The number of amides is 1. The van der Waals surface area contributed by atoms with Crippen molar-refractivity contribution in [2.75, 3.05) is 20.3 Å². The van der Waals surface area contributed by atoms with Crippen molar-refractivity contribution in [2.24, 2.45) is 0 Å². The van der Waals surface area contributed by atoms with Crippen LogP contribution in [-0.2, 0) is 16.1 Å². The molecule has 0 aliphatic rings. The van der Waals surface area contributed by atoms with E-state index in [9.17, 15) is 9.59 Å². The van der Waals surface area contributed by atoms with Gasteiger partial charge in [0.1, 0.15) is 0 Å². The number of carbonyl (C=O) groups is 2. The molecule has 0 saturated heterocycles. The van der Waals surface area contributed by atoms with Crippen LogP contribution >= 0.6 is 0 Å². The summed E-state index contributed by atoms with van der Waals surface area (Å²) in [7, 11) is 1.44. The zero-order chi connectivity index (χ0) is 21.5. The molecule has 0 fully saturated rings. The zero-order valence-electron chi connectivity index (χ0n) is 17.3. The van der Waals surface area contributed by atoms with E-state index in [2.05, 4.69) is 15.5 Å². The number of methoxy groups -OCH3 is 1. The third kappa shape index (κ3) is 5.25. The molecule has 30 heavy (non-hydrogen) atoms. The Morgan fingerprint density at radius 2 is 1.90 bits per heavy atom. The quantitative estimate of drug-likeness (QED) is 0.427. The molecule has 158 valence electrons. The van der Waals surface area contributed by atoms with Crippen LogP contribution in [0.15, 0.2) is 42.6 Å². The van der Waals surface area contributed by atoms with Crippen LogP contribution < -0.4 is 10.1 Å². The van der Waals surface area contributed by atoms with Gasteiger partial charge in [-0.15, -0.1) is 0 Å². The van der Waals surface area contributed by atoms with E-state index < -0.39 is 5.97 Å². The summed E-state index contributed by atoms with van der Waals surface area (Å²) in [6.07, 6.45) is 2.31. The number of rotatable bonds is 9. The SMILES string of the molecule is COc1cn(-c2ccccc2)nc1C(=O)OCC(=O)NCCCn1nc(C)cc1C. The van der Waals surface area contributed by atoms with E-state index in [1.54, 1.807) is 6.20 Å². The standard InChI is InChI=1S/C21H25N5O4/c1-15-12-16(2)25(23-15)11-7-10-22-19(27)14-30-21(28)20-18(29-3)13-26(24-20)17-8-5-4-6-9-17/h4-6,8-9,12-13H,7,10-11,14H2,1-3H3,(H,22,27). The van der Waals surface area contributed by atoms with Gasteiger partial charge >= 0.3 is 5.97 Å². The van der Waals surface area contributed by atoms with Gasteiger partial charge in [-0.2, -0.15) is 10.2 Å². The number of aryl methyl sites for hydroxylation is 3. The Balaban J connectivity index is 1.47. The summed E-state index contributed by atoms with van der Waals surface area (Å²) in [4.78, 5) is 24.3. The number of hydrogen-bond acceptors (Lipinski definition) is 6. The number of ether oxygens (including phenoxy) is 2. The van der Waals surface area contributed by atoms with E-state index in [-0.39, 0.29) is 24.0 Å². The number of benzene rings is 1. The predicted molar refractivity (Wildman–Crippen MR) is 110 cm³/mol. The highest BCUT2D eigenvalue weighted by Gasteiger charge is 2.20. The van der Waals surface area contributed by atoms with Crippen molar-refractivity contribution in [1.29, 1.82) is 0 Å². The second-order valence-corrected chi connectivity index (χ2v) is 6.76. The number of nitrogens with zero attached hydrogens (tertiary/aromatic N) is 4. The van der Waals surface area contributed by atoms with Gasteiger partial charge in [0.25, 0.3) is 5.91 Å². The van der Waals surface area contributed by atoms with Gasteiger partial charge in [0.15, 0.2) is 12.4 Å². The van der Waals surface area contributed by atoms with Crippen LogP contribution in [0.25, 0.3) is 5.69 Å². The average molecular weight is 411 g/mol. The summed E-state index contributed by atoms with van der Waals surface area (Å²) in [5.74, 6) is -0.827. The van der Waals surface area contributed by atoms with Crippen molar-refractivity contribution in [3.63, 3.8) is 0 Å². The third-order valence-corrected chi connectivity index (χ3v) is 4.42. The van der Waals surface area contributed by atoms with Crippen molar-refractivity contribution in [3.8, 4) is 11.4 Å². The fourth-order valence-electron chi connectivity index (χ4n) is 2.97. The minimum atomic E-state index is -0.723. The average Bonchev–Trinajstić information content (AvgIpc) is 3.32. The molecule has 2 aromatic heterocycles. The molecule has 9 heteroatoms. The Morgan fingerprint density at radius 3 is 2.57 bits per heavy atom. The van der Waals surface area contributed by atoms with E-state index >= 15 is 0 Å². The highest BCUT2D eigenvalue weighted by molar-refractivity contribution is 5.92. The first-order chi connectivity index (χ1) is 14.5. The first-order valence-electron chi connectivity index (χ1n) is 9.62. The molecule has 0 aliphatic carbocycles. The maximum absolute atomic E-state index is 12.4. The van der Waals surface area contributed by atoms with Gasteiger partial charge in [-0.3, -0.25) is 9.48 Å². The largest absolute Gasteiger partial charge is 0.493 e. The van der Waals surface area contributed by atoms with Gasteiger partial charge in [0.05, 0.1) is 24.7 Å². The van der Waals surface area contributed by atoms with Gasteiger partial charge in [-0.05, 0) is 38.5 Å². The molecule has 9 nitrogen and oxygen atoms in total. The lowest BCUT2D eigenvalue weighted by Crippen LogP contribution is -2.30. The Hall–Kier alpha value is -3.62. The molecule has 1 amide bonds. The molecule has 0 spiro atoms. The normalized spacial score (nSPS) is 10.6. The summed E-state index contributed by atoms with van der Waals surface area (Å²) in [5, 5.41) is 11.3. The Labute approximate surface area is 174 Å². The van der Waals surface area contributed by atoms with Crippen molar-refractivity contribution in [1.82, 2.24) is 24.9 Å². The molecule has 3 rings (SSSR count). The second-order valence-electron chi connectivity index (χ2n) is 6.76. The molecule has 0 atom stereocenters. The van der Waals surface area contributed by atoms with Crippen LogP contribution in [0.3, 0.4) is 0 Å². The second kappa shape index (κ2) is 9.73. The smallest absolute Gasteiger partial charge is 0.363 e. The van der Waals surface area contributed by atoms with Crippen LogP contribution in [0.4, 0.5) is 0 Å². The topological polar surface area (TPSA) is 100 Å². The minimum absolute atomic E-state index is 0.0127. The highest BCUT2D eigenvalue weighted by Crippen LogP contribution is 2.20. The van der Waals surface area contributed by atoms with Crippen molar-refractivity contribution in [2.45, 2.75) is 26.8 Å². The number of esters is 1. The molecule has 0 unspecified atom stereocenters. The number of aromatic nitrogens is 4. The van der Waals surface area contributed by atoms with Crippen LogP contribution in [0.2, 0.25) is 0 Å². The predicted octanol–water partition coefficient (Wildman–Crippen LogP) is 2.06. The van der Waals surface area contributed by atoms with Crippen LogP contribution in [0.1, 0.15) is 28.3 Å². The molecule has 3 aromatic rings. The lowest BCUT2D eigenvalue weighted by atomic mass is 10.3. The Morgan fingerprint density at radius 1 is 1.13 bits per heavy atom. The maximum atomic E-state index is 12.4. The zero-order valence-corrected chi connectivity index (χ0v) is 17.3. The van der Waals surface area contributed by atoms with Gasteiger partial charge < -0.3 is 14.8 Å². The first kappa shape index (κ1) is 21.1. The van der Waals surface area contributed by atoms with Crippen molar-refractivity contribution >= 4 is 11.9 Å². The molecule has 0 aliphatic heterocycles. The lowest BCUT2D eigenvalue weighted by Gasteiger charge is -2.07. The van der Waals surface area contributed by atoms with Gasteiger partial charge in [-0.1, -0.05) is 18.2 Å². The monoisotopic (exact) mass is 411 g/mol. The third-order valence-electron chi connectivity index (χ3n) is 4.42. The van der Waals surface area contributed by atoms with Gasteiger partial charge in [0.2, 0.25) is 5.69 Å². The molecule has 0 bridgehead atoms. The van der Waals surface area contributed by atoms with Crippen LogP contribution in [0.5, 0.6) is 5.75 Å². The Bertz CT molecular complexity index is 1010. The van der Waals surface area contributed by atoms with Gasteiger partial charge in [-0.25, -0.2) is 9.48 Å². The fourth-order valence-corrected chi connectivity index (χ4v) is 2.97. The first-order valence-corrected chi connectivity index (χ1v) is 9.62. The molecule has 0 saturated carbocycles. The van der Waals surface area contributed by atoms with E-state index in [1.807, 2.05) is 54.9 Å². The number of carbonyl (C=O) groups excluding carboxylic acids is 2. The van der Waals surface area contributed by atoms with Gasteiger partial charge in [0, 0.05) is 18.8 Å². The molecule has 2 heterocycles. The number of para-hydroxylation sites is 1. The Kier molecular flexibility index (Phi) is 6.84. The van der Waals surface area contributed by atoms with E-state index in [4.69, 9.17) is 9.47 Å². The molecule has 1 N–H and O–H groups in total. The van der Waals surface area contributed by atoms with E-state index in [0.29, 0.717) is 13.1 Å². The highest BCUT2D eigenvalue weighted by atomic mass is 16.5. The van der Waals surface area contributed by atoms with Crippen LogP contribution in [-0.4, -0.2) is 51.7 Å². The summed E-state index contributed by atoms with van der Waals surface area (Å²) in [5.41, 5.74) is 2.83. The molecular weight excluding hydrogens is 386 g/mol. The van der Waals surface area contributed by atoms with E-state index in [1.165, 1.54) is 11.8 Å². The number of nitrogens with one attached hydrogen (secondary N) is 1. The van der Waals surface area contributed by atoms with E-state index in [0.717, 1.165) is 23.5 Å². The fraction of sp³-hybridized carbons (Fsp3) is 0.333. The molecular formula is C21H25N5O4. The van der Waals surface area contributed by atoms with Crippen molar-refractivity contribution in [3.05, 3.63) is 59.7 Å². The summed E-state index contributed by atoms with van der Waals surface area (Å²) < 4.78 is 13.7. The summed E-state index contributed by atoms with van der Waals surface area (Å²) >= 11 is 0. The molecule has 1 aromatic carbocycles. The minimum Gasteiger partial charge on any atom is -0.493 e. The lowest BCUT2D eigenvalue weighted by molar-refractivity contribution is -0.124.